The number of aromatic nitrogens is 2. The molecule has 0 amide bonds. The number of hydrogen-bond donors (Lipinski definition) is 0. The molecule has 0 bridgehead atoms. The highest BCUT2D eigenvalue weighted by Gasteiger charge is 2.10. The Bertz CT molecular complexity index is 357. The zero-order valence-corrected chi connectivity index (χ0v) is 7.87. The minimum Gasteiger partial charge on any atom is -0.292 e. The van der Waals surface area contributed by atoms with Crippen molar-refractivity contribution in [3.8, 4) is 12.3 Å². The van der Waals surface area contributed by atoms with E-state index in [0.29, 0.717) is 18.5 Å². The van der Waals surface area contributed by atoms with E-state index in [0.717, 1.165) is 5.69 Å². The Morgan fingerprint density at radius 2 is 2.46 bits per heavy atom. The van der Waals surface area contributed by atoms with Crippen molar-refractivity contribution in [1.29, 1.82) is 0 Å². The van der Waals surface area contributed by atoms with Gasteiger partial charge in [0.05, 0.1) is 5.69 Å². The molecule has 0 N–H and O–H groups in total. The molecule has 1 aromatic rings. The van der Waals surface area contributed by atoms with Gasteiger partial charge in [-0.1, -0.05) is 0 Å². The molecule has 0 unspecified atom stereocenters. The standard InChI is InChI=1S/C10H12N2O/c1-4-5-6-10(13)9-7-8(2)11-12(9)3/h1,7H,5-6H2,2-3H3. The molecule has 68 valence electrons. The summed E-state index contributed by atoms with van der Waals surface area (Å²) in [6.07, 6.45) is 5.96. The van der Waals surface area contributed by atoms with E-state index in [1.165, 1.54) is 0 Å². The lowest BCUT2D eigenvalue weighted by Gasteiger charge is -1.97. The first kappa shape index (κ1) is 9.53. The number of aryl methyl sites for hydroxylation is 2. The Labute approximate surface area is 77.8 Å². The summed E-state index contributed by atoms with van der Waals surface area (Å²) in [7, 11) is 1.76. The molecular weight excluding hydrogens is 164 g/mol. The monoisotopic (exact) mass is 176 g/mol. The number of nitrogens with zero attached hydrogens (tertiary/aromatic N) is 2. The Balaban J connectivity index is 2.78. The van der Waals surface area contributed by atoms with Crippen molar-refractivity contribution in [2.45, 2.75) is 19.8 Å². The zero-order chi connectivity index (χ0) is 9.84. The van der Waals surface area contributed by atoms with Crippen molar-refractivity contribution in [2.75, 3.05) is 0 Å². The van der Waals surface area contributed by atoms with Gasteiger partial charge in [-0.15, -0.1) is 12.3 Å². The highest BCUT2D eigenvalue weighted by atomic mass is 16.1. The summed E-state index contributed by atoms with van der Waals surface area (Å²) in [6.45, 7) is 1.86. The molecule has 0 saturated carbocycles. The van der Waals surface area contributed by atoms with Crippen molar-refractivity contribution < 1.29 is 4.79 Å². The lowest BCUT2D eigenvalue weighted by atomic mass is 10.1. The van der Waals surface area contributed by atoms with Crippen LogP contribution in [0.3, 0.4) is 0 Å². The van der Waals surface area contributed by atoms with Crippen molar-refractivity contribution in [3.05, 3.63) is 17.5 Å². The van der Waals surface area contributed by atoms with Crippen molar-refractivity contribution >= 4 is 5.78 Å². The first-order chi connectivity index (χ1) is 6.15. The lowest BCUT2D eigenvalue weighted by Crippen LogP contribution is -2.06. The first-order valence-corrected chi connectivity index (χ1v) is 4.12. The van der Waals surface area contributed by atoms with Gasteiger partial charge in [0.2, 0.25) is 0 Å². The van der Waals surface area contributed by atoms with Gasteiger partial charge in [-0.2, -0.15) is 5.10 Å². The van der Waals surface area contributed by atoms with Crippen LogP contribution in [0.15, 0.2) is 6.07 Å². The number of ketones is 1. The van der Waals surface area contributed by atoms with Crippen LogP contribution in [-0.4, -0.2) is 15.6 Å². The van der Waals surface area contributed by atoms with Gasteiger partial charge in [0.25, 0.3) is 0 Å². The zero-order valence-electron chi connectivity index (χ0n) is 7.87. The molecule has 0 aliphatic rings. The fourth-order valence-corrected chi connectivity index (χ4v) is 1.19. The van der Waals surface area contributed by atoms with Crippen molar-refractivity contribution in [2.24, 2.45) is 7.05 Å². The summed E-state index contributed by atoms with van der Waals surface area (Å²) in [5.41, 5.74) is 1.49. The van der Waals surface area contributed by atoms with E-state index in [4.69, 9.17) is 6.42 Å². The fraction of sp³-hybridized carbons (Fsp3) is 0.400. The predicted octanol–water partition coefficient (Wildman–Crippen LogP) is 1.32. The number of Topliss-reactive ketones (excluding diaryl/α,β-unsaturated/α-hetero) is 1. The fourth-order valence-electron chi connectivity index (χ4n) is 1.19. The summed E-state index contributed by atoms with van der Waals surface area (Å²) in [6, 6.07) is 1.78. The topological polar surface area (TPSA) is 34.9 Å². The second kappa shape index (κ2) is 3.90. The van der Waals surface area contributed by atoms with Crippen LogP contribution in [0.5, 0.6) is 0 Å². The molecule has 13 heavy (non-hydrogen) atoms. The molecule has 0 radical (unpaired) electrons. The summed E-state index contributed by atoms with van der Waals surface area (Å²) in [4.78, 5) is 11.5. The number of hydrogen-bond acceptors (Lipinski definition) is 2. The van der Waals surface area contributed by atoms with Gasteiger partial charge in [0.1, 0.15) is 5.69 Å². The van der Waals surface area contributed by atoms with Crippen molar-refractivity contribution in [3.63, 3.8) is 0 Å². The number of carbonyl (C=O) groups is 1. The van der Waals surface area contributed by atoms with Crippen LogP contribution in [-0.2, 0) is 7.05 Å². The SMILES string of the molecule is C#CCCC(=O)c1cc(C)nn1C. The molecule has 0 fully saturated rings. The average molecular weight is 176 g/mol. The summed E-state index contributed by atoms with van der Waals surface area (Å²) in [5.74, 6) is 2.50. The van der Waals surface area contributed by atoms with Crippen LogP contribution in [0.2, 0.25) is 0 Å². The lowest BCUT2D eigenvalue weighted by molar-refractivity contribution is 0.0975. The number of carbonyl (C=O) groups excluding carboxylic acids is 1. The third kappa shape index (κ3) is 2.19. The summed E-state index contributed by atoms with van der Waals surface area (Å²) >= 11 is 0. The normalized spacial score (nSPS) is 9.62. The molecule has 0 spiro atoms. The van der Waals surface area contributed by atoms with Gasteiger partial charge in [-0.25, -0.2) is 0 Å². The van der Waals surface area contributed by atoms with Gasteiger partial charge in [0, 0.05) is 19.9 Å². The second-order valence-corrected chi connectivity index (χ2v) is 2.92. The third-order valence-corrected chi connectivity index (χ3v) is 1.78. The van der Waals surface area contributed by atoms with Gasteiger partial charge in [0.15, 0.2) is 5.78 Å². The maximum absolute atomic E-state index is 11.5. The molecule has 0 aromatic carbocycles. The van der Waals surface area contributed by atoms with E-state index >= 15 is 0 Å². The number of rotatable bonds is 3. The van der Waals surface area contributed by atoms with Crippen LogP contribution in [0.25, 0.3) is 0 Å². The van der Waals surface area contributed by atoms with E-state index in [-0.39, 0.29) is 5.78 Å². The largest absolute Gasteiger partial charge is 0.292 e. The Morgan fingerprint density at radius 1 is 1.77 bits per heavy atom. The van der Waals surface area contributed by atoms with Gasteiger partial charge in [-0.3, -0.25) is 9.48 Å². The van der Waals surface area contributed by atoms with Crippen molar-refractivity contribution in [1.82, 2.24) is 9.78 Å². The van der Waals surface area contributed by atoms with E-state index in [2.05, 4.69) is 11.0 Å². The van der Waals surface area contributed by atoms with Crippen LogP contribution < -0.4 is 0 Å². The molecule has 1 heterocycles. The van der Waals surface area contributed by atoms with Crippen LogP contribution >= 0.6 is 0 Å². The Hall–Kier alpha value is -1.56. The molecule has 1 rings (SSSR count). The average Bonchev–Trinajstić information content (AvgIpc) is 2.41. The van der Waals surface area contributed by atoms with Crippen LogP contribution in [0.1, 0.15) is 29.0 Å². The second-order valence-electron chi connectivity index (χ2n) is 2.92. The molecule has 0 aliphatic heterocycles. The highest BCUT2D eigenvalue weighted by Crippen LogP contribution is 2.06. The maximum Gasteiger partial charge on any atom is 0.181 e. The van der Waals surface area contributed by atoms with E-state index in [1.54, 1.807) is 17.8 Å². The summed E-state index contributed by atoms with van der Waals surface area (Å²) < 4.78 is 1.59. The third-order valence-electron chi connectivity index (χ3n) is 1.78. The Kier molecular flexibility index (Phi) is 2.86. The van der Waals surface area contributed by atoms with Gasteiger partial charge < -0.3 is 0 Å². The maximum atomic E-state index is 11.5. The smallest absolute Gasteiger partial charge is 0.181 e. The molecule has 1 aromatic heterocycles. The van der Waals surface area contributed by atoms with Crippen LogP contribution in [0, 0.1) is 19.3 Å². The molecule has 0 aliphatic carbocycles. The molecule has 0 atom stereocenters. The van der Waals surface area contributed by atoms with Gasteiger partial charge >= 0.3 is 0 Å². The quantitative estimate of drug-likeness (QED) is 0.514. The molecule has 3 heteroatoms. The predicted molar refractivity (Wildman–Crippen MR) is 50.3 cm³/mol. The molecule has 0 saturated heterocycles. The van der Waals surface area contributed by atoms with E-state index < -0.39 is 0 Å². The van der Waals surface area contributed by atoms with Gasteiger partial charge in [-0.05, 0) is 13.0 Å². The van der Waals surface area contributed by atoms with Crippen LogP contribution in [0.4, 0.5) is 0 Å². The minimum atomic E-state index is 0.0565. The van der Waals surface area contributed by atoms with E-state index in [1.807, 2.05) is 6.92 Å². The van der Waals surface area contributed by atoms with E-state index in [9.17, 15) is 4.79 Å². The first-order valence-electron chi connectivity index (χ1n) is 4.12. The molecule has 3 nitrogen and oxygen atoms in total. The summed E-state index contributed by atoms with van der Waals surface area (Å²) in [5, 5.41) is 4.08. The highest BCUT2D eigenvalue weighted by molar-refractivity contribution is 5.94. The Morgan fingerprint density at radius 3 is 2.92 bits per heavy atom. The molecular formula is C10H12N2O. The minimum absolute atomic E-state index is 0.0565. The number of terminal acetylenes is 1.